The Morgan fingerprint density at radius 3 is 2.58 bits per heavy atom. The van der Waals surface area contributed by atoms with Gasteiger partial charge in [0.05, 0.1) is 5.56 Å². The van der Waals surface area contributed by atoms with Gasteiger partial charge in [-0.25, -0.2) is 15.0 Å². The predicted molar refractivity (Wildman–Crippen MR) is 143 cm³/mol. The summed E-state index contributed by atoms with van der Waals surface area (Å²) in [6.07, 6.45) is 1.96. The fraction of sp³-hybridized carbons (Fsp3) is 0.321. The maximum atomic E-state index is 13.0. The second kappa shape index (κ2) is 10.2. The molecule has 0 radical (unpaired) electrons. The average molecular weight is 552 g/mol. The van der Waals surface area contributed by atoms with Crippen LogP contribution < -0.4 is 11.1 Å². The van der Waals surface area contributed by atoms with Crippen LogP contribution >= 0.6 is 0 Å². The van der Waals surface area contributed by atoms with Gasteiger partial charge in [-0.3, -0.25) is 14.0 Å². The van der Waals surface area contributed by atoms with Crippen LogP contribution in [0.5, 0.6) is 0 Å². The van der Waals surface area contributed by atoms with Gasteiger partial charge in [-0.15, -0.1) is 0 Å². The second-order valence-corrected chi connectivity index (χ2v) is 10.1. The van der Waals surface area contributed by atoms with E-state index >= 15 is 0 Å². The van der Waals surface area contributed by atoms with E-state index in [0.717, 1.165) is 37.0 Å². The number of nitrogens with one attached hydrogen (secondary N) is 1. The van der Waals surface area contributed by atoms with E-state index in [1.54, 1.807) is 36.7 Å². The first-order chi connectivity index (χ1) is 19.0. The van der Waals surface area contributed by atoms with Gasteiger partial charge in [0.2, 0.25) is 5.91 Å². The fourth-order valence-corrected chi connectivity index (χ4v) is 5.19. The summed E-state index contributed by atoms with van der Waals surface area (Å²) in [6, 6.07) is 8.12. The van der Waals surface area contributed by atoms with Gasteiger partial charge >= 0.3 is 6.18 Å². The first-order valence-corrected chi connectivity index (χ1v) is 12.9. The van der Waals surface area contributed by atoms with Crippen LogP contribution in [0.4, 0.5) is 24.8 Å². The van der Waals surface area contributed by atoms with Crippen molar-refractivity contribution in [1.29, 1.82) is 0 Å². The molecule has 1 aromatic carbocycles. The zero-order valence-corrected chi connectivity index (χ0v) is 22.0. The van der Waals surface area contributed by atoms with Crippen molar-refractivity contribution in [3.05, 3.63) is 71.9 Å². The third-order valence-electron chi connectivity index (χ3n) is 7.22. The van der Waals surface area contributed by atoms with E-state index in [4.69, 9.17) is 10.7 Å². The molecule has 1 fully saturated rings. The molecule has 4 heterocycles. The Labute approximate surface area is 228 Å². The number of imidazole rings is 1. The number of benzene rings is 1. The summed E-state index contributed by atoms with van der Waals surface area (Å²) in [5, 5.41) is 2.41. The number of fused-ring (bicyclic) bond motifs is 1. The zero-order valence-electron chi connectivity index (χ0n) is 22.0. The van der Waals surface area contributed by atoms with Crippen molar-refractivity contribution in [2.45, 2.75) is 44.7 Å². The molecule has 40 heavy (non-hydrogen) atoms. The number of hydrogen-bond donors (Lipinski definition) is 2. The van der Waals surface area contributed by atoms with Gasteiger partial charge in [0, 0.05) is 54.6 Å². The summed E-state index contributed by atoms with van der Waals surface area (Å²) in [4.78, 5) is 40.2. The van der Waals surface area contributed by atoms with E-state index < -0.39 is 23.1 Å². The molecule has 9 nitrogen and oxygen atoms in total. The van der Waals surface area contributed by atoms with Gasteiger partial charge < -0.3 is 16.0 Å². The zero-order chi connectivity index (χ0) is 28.7. The van der Waals surface area contributed by atoms with Crippen LogP contribution in [-0.4, -0.2) is 49.2 Å². The van der Waals surface area contributed by atoms with Gasteiger partial charge in [-0.05, 0) is 37.1 Å². The highest BCUT2D eigenvalue weighted by atomic mass is 19.4. The number of alkyl halides is 3. The molecule has 0 saturated carbocycles. The highest BCUT2D eigenvalue weighted by Crippen LogP contribution is 2.38. The van der Waals surface area contributed by atoms with Crippen LogP contribution in [0.15, 0.2) is 55.0 Å². The minimum Gasteiger partial charge on any atom is -0.382 e. The van der Waals surface area contributed by atoms with Crippen molar-refractivity contribution in [2.24, 2.45) is 0 Å². The number of nitrogens with two attached hydrogens (primary N) is 1. The summed E-state index contributed by atoms with van der Waals surface area (Å²) < 4.78 is 40.9. The first-order valence-electron chi connectivity index (χ1n) is 12.9. The van der Waals surface area contributed by atoms with Gasteiger partial charge in [-0.2, -0.15) is 13.2 Å². The van der Waals surface area contributed by atoms with Crippen LogP contribution in [0.25, 0.3) is 16.8 Å². The van der Waals surface area contributed by atoms with E-state index in [0.29, 0.717) is 36.3 Å². The summed E-state index contributed by atoms with van der Waals surface area (Å²) >= 11 is 0. The van der Waals surface area contributed by atoms with Crippen molar-refractivity contribution in [1.82, 2.24) is 24.3 Å². The number of likely N-dealkylation sites (tertiary alicyclic amines) is 1. The van der Waals surface area contributed by atoms with Crippen molar-refractivity contribution in [3.63, 3.8) is 0 Å². The molecule has 3 N–H and O–H groups in total. The summed E-state index contributed by atoms with van der Waals surface area (Å²) in [6.45, 7) is 5.18. The molecular formula is C28H28F3N7O2. The lowest BCUT2D eigenvalue weighted by molar-refractivity contribution is -0.137. The number of carbonyl (C=O) groups excluding carboxylic acids is 2. The molecule has 3 aromatic heterocycles. The van der Waals surface area contributed by atoms with Crippen LogP contribution in [0.3, 0.4) is 0 Å². The van der Waals surface area contributed by atoms with Gasteiger partial charge in [0.15, 0.2) is 0 Å². The number of rotatable bonds is 5. The number of nitrogen functional groups attached to an aromatic ring is 1. The Bertz CT molecular complexity index is 1580. The van der Waals surface area contributed by atoms with Crippen LogP contribution in [0, 0.1) is 0 Å². The molecule has 1 unspecified atom stereocenters. The maximum absolute atomic E-state index is 13.0. The van der Waals surface area contributed by atoms with Gasteiger partial charge in [-0.1, -0.05) is 26.0 Å². The van der Waals surface area contributed by atoms with Crippen LogP contribution in [0.1, 0.15) is 54.9 Å². The Hall–Kier alpha value is -4.48. The molecular weight excluding hydrogens is 523 g/mol. The number of pyridine rings is 1. The summed E-state index contributed by atoms with van der Waals surface area (Å²) in [5.74, 6) is 0.337. The van der Waals surface area contributed by atoms with Crippen LogP contribution in [-0.2, 0) is 16.4 Å². The molecule has 0 spiro atoms. The topological polar surface area (TPSA) is 119 Å². The number of hydrogen-bond acceptors (Lipinski definition) is 6. The highest BCUT2D eigenvalue weighted by molar-refractivity contribution is 6.04. The van der Waals surface area contributed by atoms with E-state index in [9.17, 15) is 22.8 Å². The monoisotopic (exact) mass is 551 g/mol. The lowest BCUT2D eigenvalue weighted by Gasteiger charge is -2.39. The number of anilines is 2. The second-order valence-electron chi connectivity index (χ2n) is 10.1. The Balaban J connectivity index is 1.46. The van der Waals surface area contributed by atoms with Crippen molar-refractivity contribution >= 4 is 29.0 Å². The van der Waals surface area contributed by atoms with Crippen molar-refractivity contribution in [2.75, 3.05) is 24.1 Å². The minimum atomic E-state index is -4.55. The van der Waals surface area contributed by atoms with Gasteiger partial charge in [0.1, 0.15) is 28.7 Å². The number of piperidine rings is 1. The fourth-order valence-electron chi connectivity index (χ4n) is 5.19. The number of aromatic nitrogens is 4. The van der Waals surface area contributed by atoms with E-state index in [2.05, 4.69) is 22.2 Å². The highest BCUT2D eigenvalue weighted by Gasteiger charge is 2.38. The molecule has 208 valence electrons. The third kappa shape index (κ3) is 5.08. The van der Waals surface area contributed by atoms with E-state index in [-0.39, 0.29) is 23.1 Å². The molecule has 1 saturated heterocycles. The number of amides is 2. The first kappa shape index (κ1) is 27.1. The standard InChI is InChI=1S/C28H28F3N7O2/c1-3-21(39)37-13-4-10-27(2,16-37)26-36-22(23-24(32)34-12-14-38(23)26)17-5-7-18(8-6-17)25(40)35-20-15-19(9-11-33-20)28(29,30)31/h5-9,11-12,14-15H,3-4,10,13,16H2,1-2H3,(H2,32,34)(H,33,35,40). The minimum absolute atomic E-state index is 0.0994. The molecule has 0 aliphatic carbocycles. The SMILES string of the molecule is CCC(=O)N1CCCC(C)(c2nc(-c3ccc(C(=O)Nc4cc(C(F)(F)F)ccn4)cc3)c3c(N)nccn23)C1. The Morgan fingerprint density at radius 2 is 1.88 bits per heavy atom. The van der Waals surface area contributed by atoms with Gasteiger partial charge in [0.25, 0.3) is 5.91 Å². The van der Waals surface area contributed by atoms with Crippen molar-refractivity contribution < 1.29 is 22.8 Å². The molecule has 12 heteroatoms. The summed E-state index contributed by atoms with van der Waals surface area (Å²) in [7, 11) is 0. The van der Waals surface area contributed by atoms with Crippen molar-refractivity contribution in [3.8, 4) is 11.3 Å². The number of nitrogens with zero attached hydrogens (tertiary/aromatic N) is 5. The summed E-state index contributed by atoms with van der Waals surface area (Å²) in [5.41, 5.74) is 7.07. The molecule has 4 aromatic rings. The number of halogens is 3. The quantitative estimate of drug-likeness (QED) is 0.363. The van der Waals surface area contributed by atoms with Crippen LogP contribution in [0.2, 0.25) is 0 Å². The molecule has 1 aliphatic heterocycles. The van der Waals surface area contributed by atoms with E-state index in [1.807, 2.05) is 16.2 Å². The largest absolute Gasteiger partial charge is 0.416 e. The lowest BCUT2D eigenvalue weighted by atomic mass is 9.81. The lowest BCUT2D eigenvalue weighted by Crippen LogP contribution is -2.47. The smallest absolute Gasteiger partial charge is 0.382 e. The Kier molecular flexibility index (Phi) is 6.94. The normalized spacial score (nSPS) is 17.7. The molecule has 1 atom stereocenters. The maximum Gasteiger partial charge on any atom is 0.416 e. The third-order valence-corrected chi connectivity index (χ3v) is 7.22. The number of carbonyl (C=O) groups is 2. The Morgan fingerprint density at radius 1 is 1.12 bits per heavy atom. The molecule has 5 rings (SSSR count). The van der Waals surface area contributed by atoms with E-state index in [1.165, 1.54) is 0 Å². The molecule has 1 aliphatic rings. The average Bonchev–Trinajstić information content (AvgIpc) is 3.34. The predicted octanol–water partition coefficient (Wildman–Crippen LogP) is 4.93. The molecule has 2 amide bonds. The molecule has 0 bridgehead atoms.